The summed E-state index contributed by atoms with van der Waals surface area (Å²) >= 11 is 0. The smallest absolute Gasteiger partial charge is 0.128 e. The second-order valence-electron chi connectivity index (χ2n) is 12.6. The molecule has 9 aromatic heterocycles. The fourth-order valence-electron chi connectivity index (χ4n) is 3.46. The number of hydrogen-bond acceptors (Lipinski definition) is 16. The molecule has 0 fully saturated rings. The first-order chi connectivity index (χ1) is 30.5. The Labute approximate surface area is 371 Å². The van der Waals surface area contributed by atoms with Gasteiger partial charge in [0.25, 0.3) is 0 Å². The molecular weight excluding hydrogens is 789 g/mol. The Morgan fingerprint density at radius 2 is 0.841 bits per heavy atom. The molecule has 9 heterocycles. The summed E-state index contributed by atoms with van der Waals surface area (Å²) in [7, 11) is 0. The molecule has 0 aliphatic rings. The molecule has 0 amide bonds. The van der Waals surface area contributed by atoms with Crippen LogP contribution in [0.2, 0.25) is 0 Å². The molecule has 0 aliphatic carbocycles. The van der Waals surface area contributed by atoms with Crippen LogP contribution >= 0.6 is 0 Å². The summed E-state index contributed by atoms with van der Waals surface area (Å²) in [6.45, 7) is 17.5. The van der Waals surface area contributed by atoms with Crippen molar-refractivity contribution >= 4 is 0 Å². The molecule has 0 bridgehead atoms. The quantitative estimate of drug-likeness (QED) is 0.141. The zero-order chi connectivity index (χ0) is 46.0. The molecule has 0 N–H and O–H groups in total. The van der Waals surface area contributed by atoms with E-state index in [1.54, 1.807) is 80.4 Å². The molecule has 0 unspecified atom stereocenters. The summed E-state index contributed by atoms with van der Waals surface area (Å²) in [5.41, 5.74) is 7.76. The molecule has 0 atom stereocenters. The maximum atomic E-state index is 3.98. The van der Waals surface area contributed by atoms with Crippen LogP contribution in [-0.2, 0) is 0 Å². The van der Waals surface area contributed by atoms with E-state index < -0.39 is 0 Å². The van der Waals surface area contributed by atoms with E-state index in [0.717, 1.165) is 39.9 Å². The van der Waals surface area contributed by atoms with Crippen LogP contribution in [0.5, 0.6) is 0 Å². The Hall–Kier alpha value is -8.14. The van der Waals surface area contributed by atoms with E-state index >= 15 is 0 Å². The third kappa shape index (κ3) is 35.5. The van der Waals surface area contributed by atoms with E-state index in [9.17, 15) is 0 Å². The first-order valence-electron chi connectivity index (χ1n) is 19.4. The van der Waals surface area contributed by atoms with Gasteiger partial charge in [0.05, 0.1) is 11.9 Å². The number of hydrogen-bond donors (Lipinski definition) is 0. The van der Waals surface area contributed by atoms with Crippen LogP contribution in [0.25, 0.3) is 0 Å². The molecule has 9 rings (SSSR count). The number of nitrogens with zero attached hydrogens (tertiary/aromatic N) is 16. The Balaban J connectivity index is 0.000000354. The summed E-state index contributed by atoms with van der Waals surface area (Å²) in [5.74, 6) is 1.58. The van der Waals surface area contributed by atoms with Gasteiger partial charge in [-0.3, -0.25) is 15.0 Å². The van der Waals surface area contributed by atoms with Gasteiger partial charge in [-0.2, -0.15) is 20.4 Å². The standard InChI is InChI=1S/3C6H7N.5C5H6N2.C4H5N3/c1-6-2-4-7-5-3-6;1-6-3-2-4-7-5-6;1-6-4-2-3-5-7-6;1-5-2-6-4-7-3-5;1-5-2-3-6-4-7-5;1-5-2-3-6-7-4-5;1-5-6-3-2-4-7-5;1-5-3-2-4-6-7-5;1-4-6-2-5-3-7-4/h3*2-5H,1H3;5*2-4H,1H3;2-3H,1H3. The lowest BCUT2D eigenvalue weighted by Crippen LogP contribution is -1.84. The minimum absolute atomic E-state index is 0.759. The first kappa shape index (κ1) is 52.9. The first-order valence-corrected chi connectivity index (χ1v) is 19.4. The second-order valence-corrected chi connectivity index (χ2v) is 12.6. The van der Waals surface area contributed by atoms with Crippen LogP contribution in [0.4, 0.5) is 0 Å². The second kappa shape index (κ2) is 36.9. The summed E-state index contributed by atoms with van der Waals surface area (Å²) in [6, 6.07) is 23.1. The number of rotatable bonds is 0. The maximum Gasteiger partial charge on any atom is 0.128 e. The van der Waals surface area contributed by atoms with Crippen LogP contribution in [0.3, 0.4) is 0 Å². The van der Waals surface area contributed by atoms with Crippen LogP contribution in [-0.4, -0.2) is 80.2 Å². The Morgan fingerprint density at radius 1 is 0.270 bits per heavy atom. The van der Waals surface area contributed by atoms with Crippen molar-refractivity contribution in [3.05, 3.63) is 230 Å². The van der Waals surface area contributed by atoms with Gasteiger partial charge in [0.2, 0.25) is 0 Å². The molecule has 0 saturated heterocycles. The van der Waals surface area contributed by atoms with Crippen molar-refractivity contribution in [2.45, 2.75) is 62.3 Å². The van der Waals surface area contributed by atoms with Gasteiger partial charge in [0, 0.05) is 85.7 Å². The van der Waals surface area contributed by atoms with Gasteiger partial charge >= 0.3 is 0 Å². The van der Waals surface area contributed by atoms with Crippen molar-refractivity contribution in [3.8, 4) is 0 Å². The Bertz CT molecular complexity index is 1760. The minimum atomic E-state index is 0.759. The molecule has 16 nitrogen and oxygen atoms in total. The zero-order valence-corrected chi connectivity index (χ0v) is 37.4. The predicted octanol–water partition coefficient (Wildman–Crippen LogP) is 8.28. The molecule has 0 spiro atoms. The molecule has 16 heteroatoms. The van der Waals surface area contributed by atoms with Gasteiger partial charge in [-0.15, -0.1) is 0 Å². The Morgan fingerprint density at radius 3 is 1.13 bits per heavy atom. The van der Waals surface area contributed by atoms with Gasteiger partial charge < -0.3 is 0 Å². The van der Waals surface area contributed by atoms with E-state index in [1.807, 2.05) is 135 Å². The monoisotopic (exact) mass is 844 g/mol. The van der Waals surface area contributed by atoms with E-state index in [4.69, 9.17) is 0 Å². The Kier molecular flexibility index (Phi) is 31.0. The van der Waals surface area contributed by atoms with E-state index in [0.29, 0.717) is 0 Å². The number of aromatic nitrogens is 16. The van der Waals surface area contributed by atoms with Gasteiger partial charge in [-0.1, -0.05) is 12.1 Å². The van der Waals surface area contributed by atoms with Gasteiger partial charge in [-0.05, 0) is 145 Å². The molecular formula is C47H56N16. The van der Waals surface area contributed by atoms with Gasteiger partial charge in [0.15, 0.2) is 0 Å². The van der Waals surface area contributed by atoms with Gasteiger partial charge in [-0.25, -0.2) is 44.9 Å². The van der Waals surface area contributed by atoms with Crippen LogP contribution < -0.4 is 0 Å². The average molecular weight is 845 g/mol. The van der Waals surface area contributed by atoms with Crippen LogP contribution in [0.15, 0.2) is 179 Å². The van der Waals surface area contributed by atoms with Crippen molar-refractivity contribution in [2.75, 3.05) is 0 Å². The summed E-state index contributed by atoms with van der Waals surface area (Å²) in [6.07, 6.45) is 28.7. The lowest BCUT2D eigenvalue weighted by Gasteiger charge is -1.82. The highest BCUT2D eigenvalue weighted by Gasteiger charge is 1.79. The van der Waals surface area contributed by atoms with Gasteiger partial charge in [0.1, 0.15) is 37.0 Å². The lowest BCUT2D eigenvalue weighted by molar-refractivity contribution is 0.974. The van der Waals surface area contributed by atoms with Crippen molar-refractivity contribution in [1.29, 1.82) is 0 Å². The third-order valence-corrected chi connectivity index (χ3v) is 6.64. The lowest BCUT2D eigenvalue weighted by atomic mass is 10.3. The predicted molar refractivity (Wildman–Crippen MR) is 245 cm³/mol. The summed E-state index contributed by atoms with van der Waals surface area (Å²) in [5, 5.41) is 14.6. The fraction of sp³-hybridized carbons (Fsp3) is 0.191. The van der Waals surface area contributed by atoms with E-state index in [2.05, 4.69) is 80.2 Å². The van der Waals surface area contributed by atoms with Crippen LogP contribution in [0.1, 0.15) is 51.0 Å². The minimum Gasteiger partial charge on any atom is -0.265 e. The molecule has 63 heavy (non-hydrogen) atoms. The molecule has 0 aromatic carbocycles. The largest absolute Gasteiger partial charge is 0.265 e. The molecule has 9 aromatic rings. The highest BCUT2D eigenvalue weighted by molar-refractivity contribution is 5.06. The van der Waals surface area contributed by atoms with E-state index in [1.165, 1.54) is 36.4 Å². The molecule has 0 saturated carbocycles. The van der Waals surface area contributed by atoms with Crippen molar-refractivity contribution in [1.82, 2.24) is 80.2 Å². The third-order valence-electron chi connectivity index (χ3n) is 6.64. The van der Waals surface area contributed by atoms with Crippen molar-refractivity contribution in [3.63, 3.8) is 0 Å². The molecule has 0 aliphatic heterocycles. The highest BCUT2D eigenvalue weighted by Crippen LogP contribution is 1.90. The van der Waals surface area contributed by atoms with Crippen molar-refractivity contribution in [2.24, 2.45) is 0 Å². The number of aryl methyl sites for hydroxylation is 9. The normalized spacial score (nSPS) is 8.71. The SMILES string of the molecule is Cc1ccccn1.Cc1cccnc1.Cc1cccnn1.Cc1ccncc1.Cc1ccncn1.Cc1ccnnc1.Cc1cncnc1.Cc1ncccn1.Cc1ncncn1. The van der Waals surface area contributed by atoms with E-state index in [-0.39, 0.29) is 0 Å². The molecule has 324 valence electrons. The fourth-order valence-corrected chi connectivity index (χ4v) is 3.46. The maximum absolute atomic E-state index is 3.98. The van der Waals surface area contributed by atoms with Crippen LogP contribution in [0, 0.1) is 62.3 Å². The topological polar surface area (TPSA) is 206 Å². The molecule has 0 radical (unpaired) electrons. The summed E-state index contributed by atoms with van der Waals surface area (Å²) < 4.78 is 0. The van der Waals surface area contributed by atoms with Crippen molar-refractivity contribution < 1.29 is 0 Å². The highest BCUT2D eigenvalue weighted by atomic mass is 15.1. The zero-order valence-electron chi connectivity index (χ0n) is 37.4. The average Bonchev–Trinajstić information content (AvgIpc) is 3.31. The summed E-state index contributed by atoms with van der Waals surface area (Å²) in [4.78, 5) is 45.7. The number of pyridine rings is 3.